The topological polar surface area (TPSA) is 17.1 Å². The van der Waals surface area contributed by atoms with Crippen molar-refractivity contribution in [2.45, 2.75) is 78.6 Å². The maximum absolute atomic E-state index is 12.1. The Morgan fingerprint density at radius 2 is 1.58 bits per heavy atom. The van der Waals surface area contributed by atoms with Gasteiger partial charge >= 0.3 is 0 Å². The van der Waals surface area contributed by atoms with Gasteiger partial charge in [-0.3, -0.25) is 4.79 Å². The third-order valence-corrected chi connectivity index (χ3v) is 5.81. The second-order valence-corrected chi connectivity index (χ2v) is 7.66. The summed E-state index contributed by atoms with van der Waals surface area (Å²) in [6.45, 7) is 11.0. The van der Waals surface area contributed by atoms with Gasteiger partial charge in [0.1, 0.15) is 0 Å². The van der Waals surface area contributed by atoms with Gasteiger partial charge in [-0.05, 0) is 53.4 Å². The Kier molecular flexibility index (Phi) is 7.20. The summed E-state index contributed by atoms with van der Waals surface area (Å²) >= 11 is 0. The van der Waals surface area contributed by atoms with Crippen molar-refractivity contribution in [1.82, 2.24) is 0 Å². The van der Waals surface area contributed by atoms with Gasteiger partial charge in [-0.25, -0.2) is 0 Å². The van der Waals surface area contributed by atoms with Crippen molar-refractivity contribution in [2.75, 3.05) is 0 Å². The van der Waals surface area contributed by atoms with E-state index in [0.29, 0.717) is 6.42 Å². The van der Waals surface area contributed by atoms with E-state index in [0.717, 1.165) is 18.4 Å². The molecule has 1 heteroatoms. The summed E-state index contributed by atoms with van der Waals surface area (Å²) < 4.78 is 0. The summed E-state index contributed by atoms with van der Waals surface area (Å²) in [5.74, 6) is 0.243. The molecule has 2 aromatic carbocycles. The van der Waals surface area contributed by atoms with Crippen molar-refractivity contribution in [2.24, 2.45) is 0 Å². The van der Waals surface area contributed by atoms with Crippen molar-refractivity contribution in [1.29, 1.82) is 0 Å². The SMILES string of the molecule is CCCC(C)(CC)c1ccc(Cc2ccc(C(=O)CC)c(CC)c2)cc1. The van der Waals surface area contributed by atoms with Gasteiger partial charge in [0.15, 0.2) is 5.78 Å². The number of aryl methyl sites for hydroxylation is 1. The van der Waals surface area contributed by atoms with Gasteiger partial charge in [0, 0.05) is 12.0 Å². The fourth-order valence-electron chi connectivity index (χ4n) is 3.85. The molecule has 0 spiro atoms. The van der Waals surface area contributed by atoms with Crippen LogP contribution in [-0.4, -0.2) is 5.78 Å². The van der Waals surface area contributed by atoms with Crippen LogP contribution in [-0.2, 0) is 18.3 Å². The Morgan fingerprint density at radius 1 is 0.923 bits per heavy atom. The molecule has 2 rings (SSSR count). The van der Waals surface area contributed by atoms with Crippen LogP contribution < -0.4 is 0 Å². The van der Waals surface area contributed by atoms with Crippen molar-refractivity contribution in [3.63, 3.8) is 0 Å². The van der Waals surface area contributed by atoms with E-state index in [2.05, 4.69) is 64.1 Å². The van der Waals surface area contributed by atoms with E-state index in [1.807, 2.05) is 13.0 Å². The molecule has 2 aromatic rings. The van der Waals surface area contributed by atoms with Crippen LogP contribution in [0.5, 0.6) is 0 Å². The number of hydrogen-bond acceptors (Lipinski definition) is 1. The predicted molar refractivity (Wildman–Crippen MR) is 112 cm³/mol. The van der Waals surface area contributed by atoms with Gasteiger partial charge in [-0.15, -0.1) is 0 Å². The van der Waals surface area contributed by atoms with Gasteiger partial charge in [-0.1, -0.05) is 83.5 Å². The molecule has 1 nitrogen and oxygen atoms in total. The molecule has 1 atom stereocenters. The van der Waals surface area contributed by atoms with Gasteiger partial charge in [-0.2, -0.15) is 0 Å². The van der Waals surface area contributed by atoms with Crippen LogP contribution in [0, 0.1) is 0 Å². The highest BCUT2D eigenvalue weighted by molar-refractivity contribution is 5.97. The van der Waals surface area contributed by atoms with E-state index in [-0.39, 0.29) is 11.2 Å². The van der Waals surface area contributed by atoms with Gasteiger partial charge in [0.05, 0.1) is 0 Å². The number of carbonyl (C=O) groups excluding carboxylic acids is 1. The van der Waals surface area contributed by atoms with Crippen LogP contribution in [0.15, 0.2) is 42.5 Å². The summed E-state index contributed by atoms with van der Waals surface area (Å²) in [5, 5.41) is 0. The zero-order valence-corrected chi connectivity index (χ0v) is 17.2. The van der Waals surface area contributed by atoms with Gasteiger partial charge in [0.25, 0.3) is 0 Å². The molecule has 0 fully saturated rings. The molecule has 0 saturated heterocycles. The van der Waals surface area contributed by atoms with Crippen molar-refractivity contribution in [3.05, 3.63) is 70.3 Å². The molecular weight excluding hydrogens is 316 g/mol. The molecule has 0 aliphatic heterocycles. The molecule has 0 aliphatic carbocycles. The Balaban J connectivity index is 2.20. The van der Waals surface area contributed by atoms with Crippen LogP contribution in [0.25, 0.3) is 0 Å². The maximum atomic E-state index is 12.1. The third kappa shape index (κ3) is 4.63. The van der Waals surface area contributed by atoms with E-state index >= 15 is 0 Å². The molecule has 0 saturated carbocycles. The average molecular weight is 351 g/mol. The molecule has 26 heavy (non-hydrogen) atoms. The molecule has 0 aliphatic rings. The second kappa shape index (κ2) is 9.16. The minimum atomic E-state index is 0.243. The highest BCUT2D eigenvalue weighted by atomic mass is 16.1. The summed E-state index contributed by atoms with van der Waals surface area (Å²) in [6, 6.07) is 15.5. The number of carbonyl (C=O) groups is 1. The summed E-state index contributed by atoms with van der Waals surface area (Å²) in [7, 11) is 0. The largest absolute Gasteiger partial charge is 0.294 e. The maximum Gasteiger partial charge on any atom is 0.162 e. The number of Topliss-reactive ketones (excluding diaryl/α,β-unsaturated/α-hetero) is 1. The molecule has 140 valence electrons. The molecule has 0 amide bonds. The first-order chi connectivity index (χ1) is 12.5. The number of benzene rings is 2. The van der Waals surface area contributed by atoms with Gasteiger partial charge < -0.3 is 0 Å². The normalized spacial score (nSPS) is 13.4. The Bertz CT molecular complexity index is 726. The molecule has 0 bridgehead atoms. The fourth-order valence-corrected chi connectivity index (χ4v) is 3.85. The fraction of sp³-hybridized carbons (Fsp3) is 0.480. The zero-order valence-electron chi connectivity index (χ0n) is 17.2. The highest BCUT2D eigenvalue weighted by Gasteiger charge is 2.23. The highest BCUT2D eigenvalue weighted by Crippen LogP contribution is 2.32. The van der Waals surface area contributed by atoms with Crippen molar-refractivity contribution in [3.8, 4) is 0 Å². The number of ketones is 1. The van der Waals surface area contributed by atoms with E-state index in [1.165, 1.54) is 41.5 Å². The molecule has 1 unspecified atom stereocenters. The minimum absolute atomic E-state index is 0.243. The first-order valence-corrected chi connectivity index (χ1v) is 10.2. The Labute approximate surface area is 159 Å². The quantitative estimate of drug-likeness (QED) is 0.449. The van der Waals surface area contributed by atoms with Crippen LogP contribution in [0.3, 0.4) is 0 Å². The van der Waals surface area contributed by atoms with Crippen LogP contribution in [0.2, 0.25) is 0 Å². The molecule has 0 aromatic heterocycles. The van der Waals surface area contributed by atoms with Gasteiger partial charge in [0.2, 0.25) is 0 Å². The first-order valence-electron chi connectivity index (χ1n) is 10.2. The van der Waals surface area contributed by atoms with E-state index < -0.39 is 0 Å². The minimum Gasteiger partial charge on any atom is -0.294 e. The summed E-state index contributed by atoms with van der Waals surface area (Å²) in [5.41, 5.74) is 6.42. The Morgan fingerprint density at radius 3 is 2.12 bits per heavy atom. The standard InChI is InChI=1S/C25H34O/c1-6-16-25(5,9-4)22-13-10-19(11-14-22)17-20-12-15-23(24(26)8-3)21(7-2)18-20/h10-15,18H,6-9,16-17H2,1-5H3. The third-order valence-electron chi connectivity index (χ3n) is 5.81. The predicted octanol–water partition coefficient (Wildman–Crippen LogP) is 6.90. The Hall–Kier alpha value is -1.89. The lowest BCUT2D eigenvalue weighted by atomic mass is 9.76. The monoisotopic (exact) mass is 350 g/mol. The number of rotatable bonds is 9. The second-order valence-electron chi connectivity index (χ2n) is 7.66. The zero-order chi connectivity index (χ0) is 19.2. The van der Waals surface area contributed by atoms with Crippen LogP contribution >= 0.6 is 0 Å². The van der Waals surface area contributed by atoms with Crippen molar-refractivity contribution < 1.29 is 4.79 Å². The van der Waals surface area contributed by atoms with E-state index in [9.17, 15) is 4.79 Å². The lowest BCUT2D eigenvalue weighted by Crippen LogP contribution is -2.20. The van der Waals surface area contributed by atoms with Crippen molar-refractivity contribution >= 4 is 5.78 Å². The smallest absolute Gasteiger partial charge is 0.162 e. The number of hydrogen-bond donors (Lipinski definition) is 0. The first kappa shape index (κ1) is 20.4. The summed E-state index contributed by atoms with van der Waals surface area (Å²) in [4.78, 5) is 12.1. The molecule has 0 heterocycles. The lowest BCUT2D eigenvalue weighted by molar-refractivity contribution is 0.0987. The molecule has 0 radical (unpaired) electrons. The lowest BCUT2D eigenvalue weighted by Gasteiger charge is -2.28. The molecular formula is C25H34O. The van der Waals surface area contributed by atoms with Crippen LogP contribution in [0.4, 0.5) is 0 Å². The average Bonchev–Trinajstić information content (AvgIpc) is 2.67. The van der Waals surface area contributed by atoms with E-state index in [4.69, 9.17) is 0 Å². The molecule has 0 N–H and O–H groups in total. The van der Waals surface area contributed by atoms with Crippen LogP contribution in [0.1, 0.15) is 92.9 Å². The summed E-state index contributed by atoms with van der Waals surface area (Å²) in [6.07, 6.45) is 6.02. The van der Waals surface area contributed by atoms with E-state index in [1.54, 1.807) is 0 Å².